The maximum absolute atomic E-state index is 13.0. The number of benzene rings is 1. The van der Waals surface area contributed by atoms with Crippen molar-refractivity contribution in [3.8, 4) is 5.75 Å². The van der Waals surface area contributed by atoms with Gasteiger partial charge in [0, 0.05) is 18.1 Å². The minimum Gasteiger partial charge on any atom is -0.426 e. The molecule has 1 aromatic carbocycles. The summed E-state index contributed by atoms with van der Waals surface area (Å²) in [6.45, 7) is 5.05. The van der Waals surface area contributed by atoms with Crippen molar-refractivity contribution in [3.63, 3.8) is 0 Å². The Hall–Kier alpha value is -3.36. The van der Waals surface area contributed by atoms with E-state index in [1.807, 2.05) is 0 Å². The fourth-order valence-corrected chi connectivity index (χ4v) is 4.90. The SMILES string of the molecule is C=C(C)C(=O)OC12CC3CC1C(C(=O)Oc1ccc4[nH]c(=O)oc4c1)C3C(=O)O2. The number of ether oxygens (including phenoxy) is 3. The number of carbonyl (C=O) groups is 3. The van der Waals surface area contributed by atoms with E-state index in [2.05, 4.69) is 11.6 Å². The Morgan fingerprint density at radius 1 is 1.31 bits per heavy atom. The van der Waals surface area contributed by atoms with Gasteiger partial charge >= 0.3 is 23.7 Å². The van der Waals surface area contributed by atoms with Crippen molar-refractivity contribution < 1.29 is 33.0 Å². The summed E-state index contributed by atoms with van der Waals surface area (Å²) in [6.07, 6.45) is 0.905. The lowest BCUT2D eigenvalue weighted by molar-refractivity contribution is -0.277. The van der Waals surface area contributed by atoms with E-state index >= 15 is 0 Å². The van der Waals surface area contributed by atoms with Crippen LogP contribution in [0.5, 0.6) is 5.75 Å². The number of fused-ring (bicyclic) bond motifs is 2. The zero-order valence-electron chi connectivity index (χ0n) is 15.4. The van der Waals surface area contributed by atoms with E-state index in [0.717, 1.165) is 0 Å². The van der Waals surface area contributed by atoms with E-state index in [1.54, 1.807) is 6.07 Å². The lowest BCUT2D eigenvalue weighted by Crippen LogP contribution is -2.59. The third-order valence-electron chi connectivity index (χ3n) is 6.04. The smallest absolute Gasteiger partial charge is 0.417 e. The summed E-state index contributed by atoms with van der Waals surface area (Å²) in [6, 6.07) is 4.50. The van der Waals surface area contributed by atoms with Crippen LogP contribution in [0.1, 0.15) is 19.8 Å². The normalized spacial score (nSPS) is 31.7. The standard InChI is InChI=1S/C20H17NO8/c1-8(2)16(22)28-20-7-9-5-11(20)15(14(9)18(24)29-20)17(23)26-10-3-4-12-13(6-10)27-19(25)21-12/h3-4,6,9,11,14-15H,1,5,7H2,2H3,(H,21,25). The van der Waals surface area contributed by atoms with E-state index in [9.17, 15) is 19.2 Å². The third kappa shape index (κ3) is 2.53. The Morgan fingerprint density at radius 2 is 2.10 bits per heavy atom. The largest absolute Gasteiger partial charge is 0.426 e. The number of aromatic nitrogens is 1. The highest BCUT2D eigenvalue weighted by Crippen LogP contribution is 2.63. The molecule has 2 aliphatic carbocycles. The van der Waals surface area contributed by atoms with Gasteiger partial charge in [0.2, 0.25) is 0 Å². The maximum Gasteiger partial charge on any atom is 0.417 e. The predicted molar refractivity (Wildman–Crippen MR) is 95.4 cm³/mol. The topological polar surface area (TPSA) is 125 Å². The van der Waals surface area contributed by atoms with Gasteiger partial charge in [-0.2, -0.15) is 0 Å². The van der Waals surface area contributed by atoms with Gasteiger partial charge in [-0.3, -0.25) is 14.6 Å². The van der Waals surface area contributed by atoms with Gasteiger partial charge in [-0.1, -0.05) is 6.58 Å². The molecule has 5 unspecified atom stereocenters. The van der Waals surface area contributed by atoms with Gasteiger partial charge in [0.25, 0.3) is 5.79 Å². The van der Waals surface area contributed by atoms with Gasteiger partial charge in [0.1, 0.15) is 5.75 Å². The fraction of sp³-hybridized carbons (Fsp3) is 0.400. The van der Waals surface area contributed by atoms with Crippen molar-refractivity contribution in [2.45, 2.75) is 25.6 Å². The second-order valence-corrected chi connectivity index (χ2v) is 7.85. The number of aromatic amines is 1. The van der Waals surface area contributed by atoms with Gasteiger partial charge in [0.15, 0.2) is 5.58 Å². The van der Waals surface area contributed by atoms with E-state index in [0.29, 0.717) is 18.4 Å². The van der Waals surface area contributed by atoms with Crippen LogP contribution in [0.25, 0.3) is 11.1 Å². The number of hydrogen-bond donors (Lipinski definition) is 1. The molecular formula is C20H17NO8. The molecule has 4 bridgehead atoms. The van der Waals surface area contributed by atoms with Crippen LogP contribution >= 0.6 is 0 Å². The highest BCUT2D eigenvalue weighted by molar-refractivity contribution is 5.90. The van der Waals surface area contributed by atoms with Crippen molar-refractivity contribution in [2.24, 2.45) is 23.7 Å². The Balaban J connectivity index is 1.42. The van der Waals surface area contributed by atoms with Crippen LogP contribution in [0.4, 0.5) is 0 Å². The monoisotopic (exact) mass is 399 g/mol. The molecule has 0 radical (unpaired) electrons. The first-order chi connectivity index (χ1) is 13.8. The highest BCUT2D eigenvalue weighted by atomic mass is 16.7. The molecule has 2 aromatic rings. The van der Waals surface area contributed by atoms with Gasteiger partial charge < -0.3 is 18.6 Å². The maximum atomic E-state index is 13.0. The van der Waals surface area contributed by atoms with Gasteiger partial charge in [-0.05, 0) is 31.4 Å². The number of H-pyrrole nitrogens is 1. The molecule has 0 spiro atoms. The zero-order valence-corrected chi connectivity index (χ0v) is 15.4. The molecule has 9 heteroatoms. The fourth-order valence-electron chi connectivity index (χ4n) is 4.90. The van der Waals surface area contributed by atoms with Crippen LogP contribution in [0.3, 0.4) is 0 Å². The zero-order chi connectivity index (χ0) is 20.5. The van der Waals surface area contributed by atoms with Crippen molar-refractivity contribution in [1.29, 1.82) is 0 Å². The van der Waals surface area contributed by atoms with Crippen LogP contribution in [0.2, 0.25) is 0 Å². The minimum absolute atomic E-state index is 0.109. The van der Waals surface area contributed by atoms with Crippen molar-refractivity contribution >= 4 is 29.0 Å². The van der Waals surface area contributed by atoms with Crippen LogP contribution in [-0.4, -0.2) is 28.7 Å². The van der Waals surface area contributed by atoms with Crippen molar-refractivity contribution in [2.75, 3.05) is 0 Å². The Labute approximate surface area is 163 Å². The van der Waals surface area contributed by atoms with E-state index in [-0.39, 0.29) is 22.8 Å². The molecule has 0 amide bonds. The summed E-state index contributed by atoms with van der Waals surface area (Å²) in [4.78, 5) is 51.3. The molecule has 6 rings (SSSR count). The van der Waals surface area contributed by atoms with E-state index in [4.69, 9.17) is 18.6 Å². The minimum atomic E-state index is -1.45. The van der Waals surface area contributed by atoms with E-state index in [1.165, 1.54) is 19.1 Å². The van der Waals surface area contributed by atoms with Crippen LogP contribution in [-0.2, 0) is 23.9 Å². The predicted octanol–water partition coefficient (Wildman–Crippen LogP) is 1.67. The summed E-state index contributed by atoms with van der Waals surface area (Å²) < 4.78 is 21.4. The molecule has 150 valence electrons. The Morgan fingerprint density at radius 3 is 2.86 bits per heavy atom. The molecule has 2 saturated carbocycles. The molecule has 29 heavy (non-hydrogen) atoms. The molecule has 1 N–H and O–H groups in total. The highest BCUT2D eigenvalue weighted by Gasteiger charge is 2.73. The van der Waals surface area contributed by atoms with Gasteiger partial charge in [-0.25, -0.2) is 9.59 Å². The molecule has 2 saturated heterocycles. The summed E-state index contributed by atoms with van der Waals surface area (Å²) in [5.74, 6) is -5.68. The average Bonchev–Trinajstić information content (AvgIpc) is 3.28. The lowest BCUT2D eigenvalue weighted by atomic mass is 9.73. The number of esters is 3. The van der Waals surface area contributed by atoms with Crippen LogP contribution in [0.15, 0.2) is 39.6 Å². The summed E-state index contributed by atoms with van der Waals surface area (Å²) >= 11 is 0. The molecule has 9 nitrogen and oxygen atoms in total. The summed E-state index contributed by atoms with van der Waals surface area (Å²) in [5.41, 5.74) is 0.907. The Bertz CT molecular complexity index is 1140. The number of rotatable bonds is 4. The second-order valence-electron chi connectivity index (χ2n) is 7.85. The first kappa shape index (κ1) is 17.7. The third-order valence-corrected chi connectivity index (χ3v) is 6.04. The molecular weight excluding hydrogens is 382 g/mol. The van der Waals surface area contributed by atoms with Gasteiger partial charge in [-0.15, -0.1) is 0 Å². The molecule has 4 aliphatic rings. The molecule has 3 heterocycles. The molecule has 5 atom stereocenters. The first-order valence-electron chi connectivity index (χ1n) is 9.24. The number of nitrogens with one attached hydrogen (secondary N) is 1. The first-order valence-corrected chi connectivity index (χ1v) is 9.24. The van der Waals surface area contributed by atoms with Crippen molar-refractivity contribution in [3.05, 3.63) is 40.9 Å². The molecule has 1 aromatic heterocycles. The molecule has 4 fully saturated rings. The average molecular weight is 399 g/mol. The van der Waals surface area contributed by atoms with E-state index < -0.39 is 47.2 Å². The second kappa shape index (κ2) is 5.82. The Kier molecular flexibility index (Phi) is 3.56. The van der Waals surface area contributed by atoms with Crippen LogP contribution in [0, 0.1) is 23.7 Å². The van der Waals surface area contributed by atoms with Crippen LogP contribution < -0.4 is 10.5 Å². The van der Waals surface area contributed by atoms with Gasteiger partial charge in [0.05, 0.1) is 23.3 Å². The number of carbonyl (C=O) groups excluding carboxylic acids is 3. The quantitative estimate of drug-likeness (QED) is 0.468. The number of oxazole rings is 1. The summed E-state index contributed by atoms with van der Waals surface area (Å²) in [5, 5.41) is 0. The summed E-state index contributed by atoms with van der Waals surface area (Å²) in [7, 11) is 0. The lowest BCUT2D eigenvalue weighted by Gasteiger charge is -2.46. The number of hydrogen-bond acceptors (Lipinski definition) is 8. The molecule has 2 aliphatic heterocycles. The van der Waals surface area contributed by atoms with Crippen molar-refractivity contribution in [1.82, 2.24) is 4.98 Å².